The molecule has 126 valence electrons. The molecule has 0 saturated carbocycles. The van der Waals surface area contributed by atoms with Crippen LogP contribution in [0.2, 0.25) is 0 Å². The molecule has 2 amide bonds. The molecule has 0 saturated heterocycles. The molecular weight excluding hydrogens is 300 g/mol. The number of benzene rings is 2. The van der Waals surface area contributed by atoms with E-state index in [1.165, 1.54) is 12.5 Å². The van der Waals surface area contributed by atoms with Crippen LogP contribution in [0.15, 0.2) is 42.5 Å². The Kier molecular flexibility index (Phi) is 6.13. The molecule has 2 aromatic carbocycles. The van der Waals surface area contributed by atoms with Crippen molar-refractivity contribution in [2.24, 2.45) is 0 Å². The standard InChI is InChI=1S/C20H24N2O2/c1-4-16-8-10-17(11-9-16)12-13-20(24)22-19-7-5-6-18(14(19)2)21-15(3)23/h5-11H,4,12-13H2,1-3H3,(H,21,23)(H,22,24). The Morgan fingerprint density at radius 1 is 0.917 bits per heavy atom. The molecule has 0 heterocycles. The van der Waals surface area contributed by atoms with Crippen LogP contribution in [0, 0.1) is 6.92 Å². The van der Waals surface area contributed by atoms with E-state index in [4.69, 9.17) is 0 Å². The zero-order chi connectivity index (χ0) is 17.5. The summed E-state index contributed by atoms with van der Waals surface area (Å²) in [4.78, 5) is 23.4. The summed E-state index contributed by atoms with van der Waals surface area (Å²) in [6.45, 7) is 5.47. The topological polar surface area (TPSA) is 58.2 Å². The number of hydrogen-bond acceptors (Lipinski definition) is 2. The number of aryl methyl sites for hydroxylation is 2. The number of carbonyl (C=O) groups is 2. The van der Waals surface area contributed by atoms with E-state index in [1.54, 1.807) is 0 Å². The number of carbonyl (C=O) groups excluding carboxylic acids is 2. The lowest BCUT2D eigenvalue weighted by Crippen LogP contribution is -2.14. The fourth-order valence-corrected chi connectivity index (χ4v) is 2.51. The Morgan fingerprint density at radius 2 is 1.50 bits per heavy atom. The lowest BCUT2D eigenvalue weighted by atomic mass is 10.1. The van der Waals surface area contributed by atoms with Crippen molar-refractivity contribution in [3.05, 3.63) is 59.2 Å². The molecule has 24 heavy (non-hydrogen) atoms. The molecule has 2 N–H and O–H groups in total. The second-order valence-corrected chi connectivity index (χ2v) is 5.88. The van der Waals surface area contributed by atoms with Crippen LogP contribution in [0.1, 0.15) is 37.0 Å². The van der Waals surface area contributed by atoms with Crippen molar-refractivity contribution in [3.63, 3.8) is 0 Å². The third-order valence-electron chi connectivity index (χ3n) is 3.99. The van der Waals surface area contributed by atoms with E-state index in [9.17, 15) is 9.59 Å². The average molecular weight is 324 g/mol. The van der Waals surface area contributed by atoms with Crippen LogP contribution in [0.5, 0.6) is 0 Å². The molecule has 0 aliphatic heterocycles. The van der Waals surface area contributed by atoms with Crippen LogP contribution >= 0.6 is 0 Å². The first-order valence-corrected chi connectivity index (χ1v) is 8.24. The Morgan fingerprint density at radius 3 is 2.08 bits per heavy atom. The molecule has 2 rings (SSSR count). The largest absolute Gasteiger partial charge is 0.326 e. The van der Waals surface area contributed by atoms with E-state index < -0.39 is 0 Å². The summed E-state index contributed by atoms with van der Waals surface area (Å²) in [5.74, 6) is -0.158. The van der Waals surface area contributed by atoms with Crippen LogP contribution in [0.3, 0.4) is 0 Å². The van der Waals surface area contributed by atoms with Crippen molar-refractivity contribution in [3.8, 4) is 0 Å². The van der Waals surface area contributed by atoms with Gasteiger partial charge in [-0.25, -0.2) is 0 Å². The Balaban J connectivity index is 1.95. The highest BCUT2D eigenvalue weighted by Gasteiger charge is 2.09. The molecule has 4 heteroatoms. The van der Waals surface area contributed by atoms with Gasteiger partial charge in [0.25, 0.3) is 0 Å². The highest BCUT2D eigenvalue weighted by atomic mass is 16.2. The molecule has 0 spiro atoms. The summed E-state index contributed by atoms with van der Waals surface area (Å²) in [6.07, 6.45) is 2.15. The highest BCUT2D eigenvalue weighted by molar-refractivity contribution is 5.95. The molecular formula is C20H24N2O2. The summed E-state index contributed by atoms with van der Waals surface area (Å²) < 4.78 is 0. The summed E-state index contributed by atoms with van der Waals surface area (Å²) in [5.41, 5.74) is 4.76. The van der Waals surface area contributed by atoms with E-state index >= 15 is 0 Å². The van der Waals surface area contributed by atoms with Crippen LogP contribution < -0.4 is 10.6 Å². The van der Waals surface area contributed by atoms with Gasteiger partial charge in [-0.15, -0.1) is 0 Å². The SMILES string of the molecule is CCc1ccc(CCC(=O)Nc2cccc(NC(C)=O)c2C)cc1. The first-order chi connectivity index (χ1) is 11.5. The first-order valence-electron chi connectivity index (χ1n) is 8.24. The third-order valence-corrected chi connectivity index (χ3v) is 3.99. The maximum absolute atomic E-state index is 12.2. The maximum Gasteiger partial charge on any atom is 0.224 e. The van der Waals surface area contributed by atoms with Gasteiger partial charge in [-0.2, -0.15) is 0 Å². The predicted octanol–water partition coefficient (Wildman–Crippen LogP) is 4.09. The predicted molar refractivity (Wildman–Crippen MR) is 98.3 cm³/mol. The molecule has 0 bridgehead atoms. The Bertz CT molecular complexity index is 721. The molecule has 4 nitrogen and oxygen atoms in total. The fraction of sp³-hybridized carbons (Fsp3) is 0.300. The van der Waals surface area contributed by atoms with E-state index in [-0.39, 0.29) is 11.8 Å². The minimum Gasteiger partial charge on any atom is -0.326 e. The van der Waals surface area contributed by atoms with Crippen molar-refractivity contribution in [1.82, 2.24) is 0 Å². The number of hydrogen-bond donors (Lipinski definition) is 2. The second kappa shape index (κ2) is 8.29. The van der Waals surface area contributed by atoms with Crippen molar-refractivity contribution in [2.45, 2.75) is 40.0 Å². The van der Waals surface area contributed by atoms with Gasteiger partial charge in [0.15, 0.2) is 0 Å². The fourth-order valence-electron chi connectivity index (χ4n) is 2.51. The molecule has 0 aliphatic carbocycles. The average Bonchev–Trinajstić information content (AvgIpc) is 2.56. The Hall–Kier alpha value is -2.62. The van der Waals surface area contributed by atoms with Gasteiger partial charge in [0.2, 0.25) is 11.8 Å². The smallest absolute Gasteiger partial charge is 0.224 e. The van der Waals surface area contributed by atoms with Crippen LogP contribution in [-0.2, 0) is 22.4 Å². The zero-order valence-electron chi connectivity index (χ0n) is 14.5. The van der Waals surface area contributed by atoms with E-state index in [0.717, 1.165) is 28.9 Å². The Labute approximate surface area is 143 Å². The van der Waals surface area contributed by atoms with Gasteiger partial charge in [0.1, 0.15) is 0 Å². The lowest BCUT2D eigenvalue weighted by Gasteiger charge is -2.12. The molecule has 0 unspecified atom stereocenters. The monoisotopic (exact) mass is 324 g/mol. The summed E-state index contributed by atoms with van der Waals surface area (Å²) in [6, 6.07) is 13.8. The van der Waals surface area contributed by atoms with Gasteiger partial charge in [-0.3, -0.25) is 9.59 Å². The van der Waals surface area contributed by atoms with Crippen molar-refractivity contribution >= 4 is 23.2 Å². The maximum atomic E-state index is 12.2. The summed E-state index contributed by atoms with van der Waals surface area (Å²) >= 11 is 0. The molecule has 0 fully saturated rings. The van der Waals surface area contributed by atoms with Crippen LogP contribution in [0.4, 0.5) is 11.4 Å². The number of nitrogens with one attached hydrogen (secondary N) is 2. The quantitative estimate of drug-likeness (QED) is 0.841. The van der Waals surface area contributed by atoms with E-state index in [2.05, 4.69) is 41.8 Å². The molecule has 0 atom stereocenters. The summed E-state index contributed by atoms with van der Waals surface area (Å²) in [7, 11) is 0. The third kappa shape index (κ3) is 4.95. The number of rotatable bonds is 6. The van der Waals surface area contributed by atoms with Gasteiger partial charge in [-0.05, 0) is 48.6 Å². The molecule has 0 radical (unpaired) electrons. The normalized spacial score (nSPS) is 10.3. The van der Waals surface area contributed by atoms with Gasteiger partial charge < -0.3 is 10.6 Å². The van der Waals surface area contributed by atoms with Crippen LogP contribution in [-0.4, -0.2) is 11.8 Å². The van der Waals surface area contributed by atoms with Gasteiger partial charge in [0.05, 0.1) is 0 Å². The van der Waals surface area contributed by atoms with Gasteiger partial charge in [0, 0.05) is 24.7 Å². The minimum absolute atomic E-state index is 0.0300. The zero-order valence-corrected chi connectivity index (χ0v) is 14.5. The van der Waals surface area contributed by atoms with E-state index in [0.29, 0.717) is 12.8 Å². The van der Waals surface area contributed by atoms with Crippen molar-refractivity contribution in [2.75, 3.05) is 10.6 Å². The number of amides is 2. The van der Waals surface area contributed by atoms with E-state index in [1.807, 2.05) is 25.1 Å². The molecule has 2 aromatic rings. The highest BCUT2D eigenvalue weighted by Crippen LogP contribution is 2.23. The number of anilines is 2. The first kappa shape index (κ1) is 17.7. The lowest BCUT2D eigenvalue weighted by molar-refractivity contribution is -0.116. The van der Waals surface area contributed by atoms with Gasteiger partial charge in [-0.1, -0.05) is 37.3 Å². The molecule has 0 aliphatic rings. The second-order valence-electron chi connectivity index (χ2n) is 5.88. The van der Waals surface area contributed by atoms with Crippen LogP contribution in [0.25, 0.3) is 0 Å². The van der Waals surface area contributed by atoms with Crippen molar-refractivity contribution in [1.29, 1.82) is 0 Å². The minimum atomic E-state index is -0.128. The van der Waals surface area contributed by atoms with Gasteiger partial charge >= 0.3 is 0 Å². The molecule has 0 aromatic heterocycles. The summed E-state index contributed by atoms with van der Waals surface area (Å²) in [5, 5.41) is 5.69. The van der Waals surface area contributed by atoms with Crippen molar-refractivity contribution < 1.29 is 9.59 Å².